The maximum atomic E-state index is 11.1. The number of hydrogen-bond donors (Lipinski definition) is 3. The molecule has 3 N–H and O–H groups in total. The largest absolute Gasteiger partial charge is 0.292 e. The van der Waals surface area contributed by atoms with Gasteiger partial charge < -0.3 is 0 Å². The minimum Gasteiger partial charge on any atom is -0.285 e. The first-order valence-corrected chi connectivity index (χ1v) is 9.35. The molecule has 13 heteroatoms. The van der Waals surface area contributed by atoms with Gasteiger partial charge in [-0.05, 0) is 6.42 Å². The summed E-state index contributed by atoms with van der Waals surface area (Å²) in [6, 6.07) is 0. The van der Waals surface area contributed by atoms with E-state index in [2.05, 4.69) is 0 Å². The van der Waals surface area contributed by atoms with E-state index in [0.717, 1.165) is 9.24 Å². The molecule has 0 aliphatic rings. The van der Waals surface area contributed by atoms with E-state index in [1.54, 1.807) is 0 Å². The molecule has 0 amide bonds. The SMILES string of the molecule is CCCC(C(P)(S(=O)(=O)O)S(=O)(=O)O)S(=O)(=O)O. The lowest BCUT2D eigenvalue weighted by Gasteiger charge is -2.29. The summed E-state index contributed by atoms with van der Waals surface area (Å²) in [6.45, 7) is 1.39. The highest BCUT2D eigenvalue weighted by molar-refractivity contribution is 8.12. The average molecular weight is 344 g/mol. The summed E-state index contributed by atoms with van der Waals surface area (Å²) >= 11 is 0. The number of hydrogen-bond acceptors (Lipinski definition) is 6. The zero-order valence-corrected chi connectivity index (χ0v) is 12.7. The molecule has 0 aromatic heterocycles. The van der Waals surface area contributed by atoms with Crippen LogP contribution in [0.3, 0.4) is 0 Å². The van der Waals surface area contributed by atoms with Gasteiger partial charge in [0.25, 0.3) is 34.2 Å². The summed E-state index contributed by atoms with van der Waals surface area (Å²) in [7, 11) is -15.2. The smallest absolute Gasteiger partial charge is 0.285 e. The molecule has 0 bridgehead atoms. The summed E-state index contributed by atoms with van der Waals surface area (Å²) in [6.07, 6.45) is -0.631. The van der Waals surface area contributed by atoms with Crippen molar-refractivity contribution in [2.24, 2.45) is 0 Å². The Hall–Kier alpha value is 0.160. The van der Waals surface area contributed by atoms with Crippen LogP contribution in [-0.2, 0) is 30.4 Å². The van der Waals surface area contributed by atoms with E-state index in [1.807, 2.05) is 0 Å². The van der Waals surface area contributed by atoms with Crippen molar-refractivity contribution < 1.29 is 38.9 Å². The van der Waals surface area contributed by atoms with Gasteiger partial charge in [-0.1, -0.05) is 22.6 Å². The Morgan fingerprint density at radius 1 is 1.00 bits per heavy atom. The first kappa shape index (κ1) is 18.2. The molecule has 0 saturated carbocycles. The molecule has 2 atom stereocenters. The van der Waals surface area contributed by atoms with Gasteiger partial charge in [-0.2, -0.15) is 25.3 Å². The Balaban J connectivity index is 6.39. The van der Waals surface area contributed by atoms with Gasteiger partial charge in [-0.3, -0.25) is 13.7 Å². The van der Waals surface area contributed by atoms with Gasteiger partial charge >= 0.3 is 0 Å². The molecule has 0 rings (SSSR count). The molecular weight excluding hydrogens is 331 g/mol. The lowest BCUT2D eigenvalue weighted by atomic mass is 10.3. The highest BCUT2D eigenvalue weighted by Crippen LogP contribution is 2.39. The van der Waals surface area contributed by atoms with E-state index in [1.165, 1.54) is 6.92 Å². The monoisotopic (exact) mass is 344 g/mol. The zero-order chi connectivity index (χ0) is 15.0. The van der Waals surface area contributed by atoms with Crippen LogP contribution in [0.4, 0.5) is 0 Å². The zero-order valence-electron chi connectivity index (χ0n) is 9.08. The van der Waals surface area contributed by atoms with E-state index in [-0.39, 0.29) is 6.42 Å². The fourth-order valence-electron chi connectivity index (χ4n) is 1.29. The highest BCUT2D eigenvalue weighted by atomic mass is 32.3. The maximum absolute atomic E-state index is 11.1. The van der Waals surface area contributed by atoms with Crippen molar-refractivity contribution in [2.75, 3.05) is 0 Å². The van der Waals surface area contributed by atoms with Crippen LogP contribution in [0.25, 0.3) is 0 Å². The molecule has 0 aliphatic carbocycles. The molecule has 0 radical (unpaired) electrons. The van der Waals surface area contributed by atoms with Gasteiger partial charge in [0.15, 0.2) is 0 Å². The van der Waals surface area contributed by atoms with Crippen molar-refractivity contribution >= 4 is 39.6 Å². The Kier molecular flexibility index (Phi) is 5.32. The fraction of sp³-hybridized carbons (Fsp3) is 1.00. The summed E-state index contributed by atoms with van der Waals surface area (Å²) in [5.74, 6) is 0. The second kappa shape index (κ2) is 5.27. The lowest BCUT2D eigenvalue weighted by Crippen LogP contribution is -2.53. The molecule has 0 heterocycles. The second-order valence-electron chi connectivity index (χ2n) is 3.46. The lowest BCUT2D eigenvalue weighted by molar-refractivity contribution is 0.420. The standard InChI is InChI=1S/C5H13O9PS3/c1-2-3-4(16(6,7)8)5(15,17(9,10)11)18(12,13)14/h4H,2-3,15H2,1H3,(H,6,7,8)(H,9,10,11)(H,12,13,14). The average Bonchev–Trinajstić information content (AvgIpc) is 2.07. The Morgan fingerprint density at radius 3 is 1.50 bits per heavy atom. The number of rotatable bonds is 6. The minimum absolute atomic E-state index is 0.0222. The predicted octanol–water partition coefficient (Wildman–Crippen LogP) is -0.653. The molecule has 0 saturated heterocycles. The predicted molar refractivity (Wildman–Crippen MR) is 65.8 cm³/mol. The van der Waals surface area contributed by atoms with Crippen LogP contribution in [0.5, 0.6) is 0 Å². The third-order valence-electron chi connectivity index (χ3n) is 2.17. The van der Waals surface area contributed by atoms with E-state index in [9.17, 15) is 25.3 Å². The quantitative estimate of drug-likeness (QED) is 0.419. The summed E-state index contributed by atoms with van der Waals surface area (Å²) in [5, 5.41) is -2.44. The highest BCUT2D eigenvalue weighted by Gasteiger charge is 2.60. The summed E-state index contributed by atoms with van der Waals surface area (Å²) in [4.78, 5) is 0. The van der Waals surface area contributed by atoms with Crippen molar-refractivity contribution in [3.8, 4) is 0 Å². The molecule has 18 heavy (non-hydrogen) atoms. The summed E-state index contributed by atoms with van der Waals surface area (Å²) < 4.78 is 89.5. The molecule has 9 nitrogen and oxygen atoms in total. The van der Waals surface area contributed by atoms with E-state index < -0.39 is 45.8 Å². The van der Waals surface area contributed by atoms with Gasteiger partial charge in [0.1, 0.15) is 5.25 Å². The van der Waals surface area contributed by atoms with Crippen LogP contribution in [0, 0.1) is 0 Å². The third kappa shape index (κ3) is 3.38. The fourth-order valence-corrected chi connectivity index (χ4v) is 6.34. The van der Waals surface area contributed by atoms with Crippen molar-refractivity contribution in [1.29, 1.82) is 0 Å². The van der Waals surface area contributed by atoms with Gasteiger partial charge in [-0.15, -0.1) is 0 Å². The van der Waals surface area contributed by atoms with Crippen molar-refractivity contribution in [2.45, 2.75) is 28.8 Å². The van der Waals surface area contributed by atoms with Crippen LogP contribution in [0.2, 0.25) is 0 Å². The molecule has 0 fully saturated rings. The maximum Gasteiger partial charge on any atom is 0.292 e. The topological polar surface area (TPSA) is 163 Å². The molecule has 0 aromatic carbocycles. The first-order chi connectivity index (χ1) is 7.69. The molecule has 110 valence electrons. The molecule has 0 aliphatic heterocycles. The van der Waals surface area contributed by atoms with E-state index in [4.69, 9.17) is 13.7 Å². The van der Waals surface area contributed by atoms with Gasteiger partial charge in [0, 0.05) is 0 Å². The minimum atomic E-state index is -5.54. The van der Waals surface area contributed by atoms with Crippen molar-refractivity contribution in [1.82, 2.24) is 0 Å². The Morgan fingerprint density at radius 2 is 1.33 bits per heavy atom. The molecule has 2 unspecified atom stereocenters. The van der Waals surface area contributed by atoms with E-state index in [0.29, 0.717) is 0 Å². The molecule has 0 spiro atoms. The summed E-state index contributed by atoms with van der Waals surface area (Å²) in [5.41, 5.74) is 0. The van der Waals surface area contributed by atoms with E-state index >= 15 is 0 Å². The van der Waals surface area contributed by atoms with Crippen LogP contribution >= 0.6 is 9.24 Å². The van der Waals surface area contributed by atoms with Crippen molar-refractivity contribution in [3.05, 3.63) is 0 Å². The first-order valence-electron chi connectivity index (χ1n) is 4.38. The Labute approximate surface area is 107 Å². The molecular formula is C5H13O9PS3. The third-order valence-corrected chi connectivity index (χ3v) is 9.67. The van der Waals surface area contributed by atoms with Crippen LogP contribution in [0.15, 0.2) is 0 Å². The normalized spacial score (nSPS) is 16.5. The van der Waals surface area contributed by atoms with Gasteiger partial charge in [0.2, 0.25) is 0 Å². The Bertz CT molecular complexity index is 569. The van der Waals surface area contributed by atoms with Crippen molar-refractivity contribution in [3.63, 3.8) is 0 Å². The van der Waals surface area contributed by atoms with Crippen LogP contribution < -0.4 is 0 Å². The van der Waals surface area contributed by atoms with Crippen LogP contribution in [-0.4, -0.2) is 48.0 Å². The van der Waals surface area contributed by atoms with Gasteiger partial charge in [0.05, 0.1) is 0 Å². The van der Waals surface area contributed by atoms with Gasteiger partial charge in [-0.25, -0.2) is 0 Å². The molecule has 0 aromatic rings. The second-order valence-corrected chi connectivity index (χ2v) is 10.3. The van der Waals surface area contributed by atoms with Crippen LogP contribution in [0.1, 0.15) is 19.8 Å².